The van der Waals surface area contributed by atoms with E-state index >= 15 is 0 Å². The molecule has 1 aromatic carbocycles. The highest BCUT2D eigenvalue weighted by Crippen LogP contribution is 2.34. The monoisotopic (exact) mass is 232 g/mol. The van der Waals surface area contributed by atoms with Gasteiger partial charge in [0, 0.05) is 6.07 Å². The molecule has 0 unspecified atom stereocenters. The third-order valence-electron chi connectivity index (χ3n) is 1.93. The number of nitro groups is 1. The molecule has 1 heterocycles. The molecule has 0 spiro atoms. The molecule has 1 aromatic heterocycles. The maximum absolute atomic E-state index is 12.4. The third-order valence-corrected chi connectivity index (χ3v) is 1.93. The van der Waals surface area contributed by atoms with Crippen molar-refractivity contribution in [3.63, 3.8) is 0 Å². The number of rotatable bonds is 1. The van der Waals surface area contributed by atoms with Gasteiger partial charge in [-0.05, 0) is 6.07 Å². The zero-order valence-electron chi connectivity index (χ0n) is 7.49. The number of hydrogen-bond acceptors (Lipinski definition) is 4. The van der Waals surface area contributed by atoms with Crippen molar-refractivity contribution < 1.29 is 22.6 Å². The van der Waals surface area contributed by atoms with Crippen molar-refractivity contribution >= 4 is 16.7 Å². The Morgan fingerprint density at radius 1 is 1.38 bits per heavy atom. The highest BCUT2D eigenvalue weighted by atomic mass is 19.4. The molecule has 0 N–H and O–H groups in total. The van der Waals surface area contributed by atoms with Gasteiger partial charge >= 0.3 is 6.18 Å². The largest absolute Gasteiger partial charge is 0.437 e. The van der Waals surface area contributed by atoms with Crippen LogP contribution < -0.4 is 0 Å². The van der Waals surface area contributed by atoms with Crippen molar-refractivity contribution in [3.05, 3.63) is 34.0 Å². The molecule has 0 aliphatic heterocycles. The molecule has 0 bridgehead atoms. The first-order chi connectivity index (χ1) is 7.39. The molecule has 0 amide bonds. The van der Waals surface area contributed by atoms with E-state index in [2.05, 4.69) is 9.68 Å². The van der Waals surface area contributed by atoms with Crippen molar-refractivity contribution in [2.75, 3.05) is 0 Å². The topological polar surface area (TPSA) is 69.2 Å². The predicted octanol–water partition coefficient (Wildman–Crippen LogP) is 2.75. The van der Waals surface area contributed by atoms with Gasteiger partial charge in [-0.15, -0.1) is 0 Å². The Morgan fingerprint density at radius 2 is 2.06 bits per heavy atom. The minimum absolute atomic E-state index is 0.262. The number of fused-ring (bicyclic) bond motifs is 1. The second kappa shape index (κ2) is 3.19. The summed E-state index contributed by atoms with van der Waals surface area (Å²) >= 11 is 0. The quantitative estimate of drug-likeness (QED) is 0.559. The molecule has 0 atom stereocenters. The van der Waals surface area contributed by atoms with Gasteiger partial charge in [0.25, 0.3) is 5.69 Å². The van der Waals surface area contributed by atoms with Crippen LogP contribution in [0.15, 0.2) is 22.7 Å². The van der Waals surface area contributed by atoms with Crippen molar-refractivity contribution in [2.24, 2.45) is 0 Å². The molecule has 0 saturated carbocycles. The molecule has 0 radical (unpaired) electrons. The zero-order chi connectivity index (χ0) is 11.9. The normalized spacial score (nSPS) is 11.9. The van der Waals surface area contributed by atoms with E-state index in [9.17, 15) is 23.3 Å². The van der Waals surface area contributed by atoms with E-state index in [0.717, 1.165) is 18.2 Å². The van der Waals surface area contributed by atoms with Crippen LogP contribution in [0.1, 0.15) is 5.69 Å². The Bertz CT molecular complexity index is 561. The smallest absolute Gasteiger partial charge is 0.355 e. The lowest BCUT2D eigenvalue weighted by molar-refractivity contribution is -0.384. The molecular weight excluding hydrogens is 229 g/mol. The second-order valence-corrected chi connectivity index (χ2v) is 2.97. The second-order valence-electron chi connectivity index (χ2n) is 2.97. The predicted molar refractivity (Wildman–Crippen MR) is 45.7 cm³/mol. The Hall–Kier alpha value is -2.12. The summed E-state index contributed by atoms with van der Waals surface area (Å²) in [6.45, 7) is 0. The van der Waals surface area contributed by atoms with E-state index in [1.807, 2.05) is 0 Å². The van der Waals surface area contributed by atoms with E-state index in [0.29, 0.717) is 0 Å². The summed E-state index contributed by atoms with van der Waals surface area (Å²) in [5, 5.41) is 12.9. The first-order valence-electron chi connectivity index (χ1n) is 4.00. The van der Waals surface area contributed by atoms with Crippen LogP contribution >= 0.6 is 0 Å². The van der Waals surface area contributed by atoms with Crippen LogP contribution in [0.3, 0.4) is 0 Å². The molecule has 84 valence electrons. The number of alkyl halides is 3. The Labute approximate surface area is 85.6 Å². The molecule has 8 heteroatoms. The van der Waals surface area contributed by atoms with Crippen LogP contribution in [0.5, 0.6) is 0 Å². The minimum atomic E-state index is -4.64. The summed E-state index contributed by atoms with van der Waals surface area (Å²) in [6, 6.07) is 2.83. The third kappa shape index (κ3) is 1.58. The van der Waals surface area contributed by atoms with E-state index in [1.54, 1.807) is 0 Å². The molecule has 5 nitrogen and oxygen atoms in total. The summed E-state index contributed by atoms with van der Waals surface area (Å²) in [6.07, 6.45) is -4.64. The Balaban J connectivity index is 2.64. The molecule has 0 aliphatic rings. The van der Waals surface area contributed by atoms with Gasteiger partial charge in [-0.25, -0.2) is 0 Å². The number of hydrogen-bond donors (Lipinski definition) is 0. The number of non-ortho nitro benzene ring substituents is 1. The number of aromatic nitrogens is 1. The lowest BCUT2D eigenvalue weighted by Gasteiger charge is -2.00. The zero-order valence-corrected chi connectivity index (χ0v) is 7.49. The van der Waals surface area contributed by atoms with Gasteiger partial charge in [-0.1, -0.05) is 5.16 Å². The lowest BCUT2D eigenvalue weighted by atomic mass is 10.2. The highest BCUT2D eigenvalue weighted by molar-refractivity contribution is 5.82. The van der Waals surface area contributed by atoms with Crippen molar-refractivity contribution in [1.82, 2.24) is 5.16 Å². The van der Waals surface area contributed by atoms with Crippen LogP contribution in [0.25, 0.3) is 11.0 Å². The minimum Gasteiger partial charge on any atom is -0.355 e. The van der Waals surface area contributed by atoms with Gasteiger partial charge in [0.15, 0.2) is 11.3 Å². The van der Waals surface area contributed by atoms with Gasteiger partial charge in [-0.3, -0.25) is 10.1 Å². The van der Waals surface area contributed by atoms with E-state index in [-0.39, 0.29) is 16.7 Å². The summed E-state index contributed by atoms with van der Waals surface area (Å²) in [4.78, 5) is 9.64. The number of nitro benzene ring substituents is 1. The molecule has 0 aliphatic carbocycles. The number of nitrogens with zero attached hydrogens (tertiary/aromatic N) is 2. The SMILES string of the molecule is O=[N+]([O-])c1ccc2c(C(F)(F)F)noc2c1. The first-order valence-corrected chi connectivity index (χ1v) is 4.00. The molecule has 0 saturated heterocycles. The van der Waals surface area contributed by atoms with Gasteiger partial charge in [0.1, 0.15) is 0 Å². The van der Waals surface area contributed by atoms with Crippen LogP contribution in [0.2, 0.25) is 0 Å². The van der Waals surface area contributed by atoms with Crippen LogP contribution in [-0.4, -0.2) is 10.1 Å². The summed E-state index contributed by atoms with van der Waals surface area (Å²) < 4.78 is 41.5. The fraction of sp³-hybridized carbons (Fsp3) is 0.125. The lowest BCUT2D eigenvalue weighted by Crippen LogP contribution is -2.05. The standard InChI is InChI=1S/C8H3F3N2O3/c9-8(10,11)7-5-2-1-4(13(14)15)3-6(5)16-12-7/h1-3H. The van der Waals surface area contributed by atoms with Crippen molar-refractivity contribution in [2.45, 2.75) is 6.18 Å². The summed E-state index contributed by atoms with van der Waals surface area (Å²) in [7, 11) is 0. The fourth-order valence-corrected chi connectivity index (χ4v) is 1.24. The summed E-state index contributed by atoms with van der Waals surface area (Å²) in [5.41, 5.74) is -1.80. The van der Waals surface area contributed by atoms with Crippen molar-refractivity contribution in [3.8, 4) is 0 Å². The van der Waals surface area contributed by atoms with Crippen molar-refractivity contribution in [1.29, 1.82) is 0 Å². The molecular formula is C8H3F3N2O3. The number of benzene rings is 1. The van der Waals surface area contributed by atoms with E-state index in [4.69, 9.17) is 0 Å². The van der Waals surface area contributed by atoms with Gasteiger partial charge in [0.2, 0.25) is 0 Å². The summed E-state index contributed by atoms with van der Waals surface area (Å²) in [5.74, 6) is 0. The highest BCUT2D eigenvalue weighted by Gasteiger charge is 2.37. The van der Waals surface area contributed by atoms with Gasteiger partial charge in [-0.2, -0.15) is 13.2 Å². The number of halogens is 3. The average molecular weight is 232 g/mol. The first kappa shape index (κ1) is 10.4. The average Bonchev–Trinajstić information content (AvgIpc) is 2.58. The maximum Gasteiger partial charge on any atom is 0.437 e. The molecule has 0 fully saturated rings. The van der Waals surface area contributed by atoms with Gasteiger partial charge < -0.3 is 4.52 Å². The van der Waals surface area contributed by atoms with Crippen LogP contribution in [-0.2, 0) is 6.18 Å². The van der Waals surface area contributed by atoms with Gasteiger partial charge in [0.05, 0.1) is 16.4 Å². The van der Waals surface area contributed by atoms with Crippen LogP contribution in [0.4, 0.5) is 18.9 Å². The molecule has 16 heavy (non-hydrogen) atoms. The van der Waals surface area contributed by atoms with E-state index < -0.39 is 16.8 Å². The fourth-order valence-electron chi connectivity index (χ4n) is 1.24. The Kier molecular flexibility index (Phi) is 2.07. The Morgan fingerprint density at radius 3 is 2.62 bits per heavy atom. The molecule has 2 aromatic rings. The van der Waals surface area contributed by atoms with Crippen LogP contribution in [0, 0.1) is 10.1 Å². The van der Waals surface area contributed by atoms with E-state index in [1.165, 1.54) is 0 Å². The maximum atomic E-state index is 12.4. The molecule has 2 rings (SSSR count).